The Labute approximate surface area is 82.6 Å². The maximum atomic E-state index is 10.8. The van der Waals surface area contributed by atoms with E-state index in [1.165, 1.54) is 6.92 Å². The van der Waals surface area contributed by atoms with Crippen LogP contribution in [-0.4, -0.2) is 5.91 Å². The summed E-state index contributed by atoms with van der Waals surface area (Å²) in [5, 5.41) is 4.88. The second-order valence-electron chi connectivity index (χ2n) is 3.15. The number of amides is 1. The van der Waals surface area contributed by atoms with Crippen molar-refractivity contribution in [2.45, 2.75) is 6.92 Å². The number of benzene rings is 2. The lowest BCUT2D eigenvalue weighted by Gasteiger charge is -2.03. The summed E-state index contributed by atoms with van der Waals surface area (Å²) in [6.45, 7) is 1.50. The number of hydrogen-bond acceptors (Lipinski definition) is 1. The third-order valence-corrected chi connectivity index (χ3v) is 1.98. The van der Waals surface area contributed by atoms with Crippen LogP contribution in [0.2, 0.25) is 0 Å². The van der Waals surface area contributed by atoms with Gasteiger partial charge in [-0.15, -0.1) is 0 Å². The first-order chi connectivity index (χ1) is 6.75. The number of anilines is 1. The van der Waals surface area contributed by atoms with Gasteiger partial charge in [0.05, 0.1) is 0 Å². The van der Waals surface area contributed by atoms with E-state index in [-0.39, 0.29) is 5.91 Å². The molecule has 0 saturated heterocycles. The molecule has 0 fully saturated rings. The lowest BCUT2D eigenvalue weighted by Crippen LogP contribution is -2.05. The number of carbonyl (C=O) groups is 1. The summed E-state index contributed by atoms with van der Waals surface area (Å²) < 4.78 is 0. The van der Waals surface area contributed by atoms with Gasteiger partial charge in [-0.05, 0) is 29.0 Å². The van der Waals surface area contributed by atoms with Gasteiger partial charge in [0.2, 0.25) is 5.91 Å². The minimum Gasteiger partial charge on any atom is -0.326 e. The van der Waals surface area contributed by atoms with Crippen molar-refractivity contribution >= 4 is 22.4 Å². The minimum absolute atomic E-state index is 0.0516. The van der Waals surface area contributed by atoms with Gasteiger partial charge in [-0.1, -0.05) is 24.3 Å². The molecule has 0 aliphatic rings. The Kier molecular flexibility index (Phi) is 2.19. The van der Waals surface area contributed by atoms with Crippen LogP contribution in [0.5, 0.6) is 0 Å². The van der Waals surface area contributed by atoms with Crippen molar-refractivity contribution in [1.29, 1.82) is 0 Å². The Hall–Kier alpha value is -1.83. The van der Waals surface area contributed by atoms with Crippen LogP contribution in [0.25, 0.3) is 10.8 Å². The second kappa shape index (κ2) is 3.50. The zero-order valence-electron chi connectivity index (χ0n) is 7.87. The minimum atomic E-state index is -0.0516. The van der Waals surface area contributed by atoms with Gasteiger partial charge in [0.15, 0.2) is 0 Å². The smallest absolute Gasteiger partial charge is 0.221 e. The molecule has 0 heterocycles. The van der Waals surface area contributed by atoms with Gasteiger partial charge in [-0.2, -0.15) is 0 Å². The summed E-state index contributed by atoms with van der Waals surface area (Å²) >= 11 is 0. The van der Waals surface area contributed by atoms with Crippen LogP contribution in [0.15, 0.2) is 36.4 Å². The molecule has 0 aromatic heterocycles. The van der Waals surface area contributed by atoms with E-state index >= 15 is 0 Å². The molecule has 69 valence electrons. The van der Waals surface area contributed by atoms with Gasteiger partial charge in [0, 0.05) is 12.6 Å². The summed E-state index contributed by atoms with van der Waals surface area (Å²) in [5.41, 5.74) is 0.824. The average molecular weight is 184 g/mol. The highest BCUT2D eigenvalue weighted by molar-refractivity contribution is 5.92. The van der Waals surface area contributed by atoms with Crippen LogP contribution in [-0.2, 0) is 4.79 Å². The molecule has 2 aromatic carbocycles. The molecule has 0 spiro atoms. The fourth-order valence-electron chi connectivity index (χ4n) is 1.40. The number of fused-ring (bicyclic) bond motifs is 1. The molecule has 0 atom stereocenters. The van der Waals surface area contributed by atoms with Crippen LogP contribution in [0.4, 0.5) is 5.69 Å². The molecule has 2 nitrogen and oxygen atoms in total. The van der Waals surface area contributed by atoms with E-state index in [9.17, 15) is 4.79 Å². The SMILES string of the molecule is CC(=O)Nc1ccc2[c]cccc2c1. The Morgan fingerprint density at radius 1 is 1.36 bits per heavy atom. The van der Waals surface area contributed by atoms with E-state index < -0.39 is 0 Å². The number of rotatable bonds is 1. The molecule has 2 aromatic rings. The summed E-state index contributed by atoms with van der Waals surface area (Å²) in [5.74, 6) is -0.0516. The number of nitrogens with one attached hydrogen (secondary N) is 1. The summed E-state index contributed by atoms with van der Waals surface area (Å²) in [6.07, 6.45) is 0. The third-order valence-electron chi connectivity index (χ3n) is 1.98. The van der Waals surface area contributed by atoms with Gasteiger partial charge in [-0.25, -0.2) is 0 Å². The highest BCUT2D eigenvalue weighted by Gasteiger charge is 1.96. The zero-order valence-corrected chi connectivity index (χ0v) is 7.87. The van der Waals surface area contributed by atoms with E-state index in [0.29, 0.717) is 0 Å². The molecule has 14 heavy (non-hydrogen) atoms. The van der Waals surface area contributed by atoms with Crippen LogP contribution in [0.3, 0.4) is 0 Å². The lowest BCUT2D eigenvalue weighted by molar-refractivity contribution is -0.114. The Bertz CT molecular complexity index is 476. The van der Waals surface area contributed by atoms with Crippen molar-refractivity contribution in [3.63, 3.8) is 0 Å². The molecular formula is C12H10NO. The van der Waals surface area contributed by atoms with Crippen LogP contribution in [0.1, 0.15) is 6.92 Å². The van der Waals surface area contributed by atoms with Gasteiger partial charge in [0.25, 0.3) is 0 Å². The van der Waals surface area contributed by atoms with Crippen molar-refractivity contribution < 1.29 is 4.79 Å². The van der Waals surface area contributed by atoms with Crippen molar-refractivity contribution in [1.82, 2.24) is 0 Å². The summed E-state index contributed by atoms with van der Waals surface area (Å²) in [4.78, 5) is 10.8. The van der Waals surface area contributed by atoms with E-state index in [0.717, 1.165) is 16.5 Å². The van der Waals surface area contributed by atoms with E-state index in [1.54, 1.807) is 0 Å². The molecule has 2 rings (SSSR count). The van der Waals surface area contributed by atoms with Crippen molar-refractivity contribution in [2.24, 2.45) is 0 Å². The molecule has 0 bridgehead atoms. The number of hydrogen-bond donors (Lipinski definition) is 1. The molecule has 0 aliphatic heterocycles. The highest BCUT2D eigenvalue weighted by Crippen LogP contribution is 2.18. The molecule has 2 heteroatoms. The quantitative estimate of drug-likeness (QED) is 0.725. The van der Waals surface area contributed by atoms with Crippen LogP contribution >= 0.6 is 0 Å². The Morgan fingerprint density at radius 2 is 2.21 bits per heavy atom. The van der Waals surface area contributed by atoms with Crippen molar-refractivity contribution in [3.05, 3.63) is 42.5 Å². The Morgan fingerprint density at radius 3 is 3.00 bits per heavy atom. The fourth-order valence-corrected chi connectivity index (χ4v) is 1.40. The van der Waals surface area contributed by atoms with Crippen LogP contribution in [0, 0.1) is 6.07 Å². The van der Waals surface area contributed by atoms with Gasteiger partial charge in [0.1, 0.15) is 0 Å². The summed E-state index contributed by atoms with van der Waals surface area (Å²) in [7, 11) is 0. The van der Waals surface area contributed by atoms with Gasteiger partial charge in [-0.3, -0.25) is 4.79 Å². The summed E-state index contributed by atoms with van der Waals surface area (Å²) in [6, 6.07) is 14.7. The van der Waals surface area contributed by atoms with Gasteiger partial charge < -0.3 is 5.32 Å². The Balaban J connectivity index is 2.46. The predicted molar refractivity (Wildman–Crippen MR) is 57.1 cm³/mol. The topological polar surface area (TPSA) is 29.1 Å². The highest BCUT2D eigenvalue weighted by atomic mass is 16.1. The predicted octanol–water partition coefficient (Wildman–Crippen LogP) is 2.60. The molecule has 1 amide bonds. The van der Waals surface area contributed by atoms with Crippen molar-refractivity contribution in [2.75, 3.05) is 5.32 Å². The molecule has 0 saturated carbocycles. The maximum Gasteiger partial charge on any atom is 0.221 e. The standard InChI is InChI=1S/C12H10NO/c1-9(14)13-12-7-6-10-4-2-3-5-11(10)8-12/h2-3,5-8H,1H3,(H,13,14). The molecule has 1 N–H and O–H groups in total. The second-order valence-corrected chi connectivity index (χ2v) is 3.15. The van der Waals surface area contributed by atoms with E-state index in [1.807, 2.05) is 36.4 Å². The average Bonchev–Trinajstić information content (AvgIpc) is 2.17. The normalized spacial score (nSPS) is 10.1. The molecule has 0 unspecified atom stereocenters. The monoisotopic (exact) mass is 184 g/mol. The van der Waals surface area contributed by atoms with Crippen LogP contribution < -0.4 is 5.32 Å². The zero-order chi connectivity index (χ0) is 9.97. The molecular weight excluding hydrogens is 174 g/mol. The lowest BCUT2D eigenvalue weighted by atomic mass is 10.1. The molecule has 0 aliphatic carbocycles. The first-order valence-corrected chi connectivity index (χ1v) is 4.44. The first-order valence-electron chi connectivity index (χ1n) is 4.44. The first kappa shape index (κ1) is 8.75. The third kappa shape index (κ3) is 1.74. The van der Waals surface area contributed by atoms with E-state index in [2.05, 4.69) is 11.4 Å². The maximum absolute atomic E-state index is 10.8. The largest absolute Gasteiger partial charge is 0.326 e. The number of carbonyl (C=O) groups excluding carboxylic acids is 1. The fraction of sp³-hybridized carbons (Fsp3) is 0.0833. The van der Waals surface area contributed by atoms with Crippen molar-refractivity contribution in [3.8, 4) is 0 Å². The van der Waals surface area contributed by atoms with E-state index in [4.69, 9.17) is 0 Å². The molecule has 1 radical (unpaired) electrons. The van der Waals surface area contributed by atoms with Gasteiger partial charge >= 0.3 is 0 Å².